The number of hydrogen-bond acceptors (Lipinski definition) is 3. The van der Waals surface area contributed by atoms with Crippen molar-refractivity contribution in [3.63, 3.8) is 0 Å². The van der Waals surface area contributed by atoms with Crippen LogP contribution in [0.3, 0.4) is 0 Å². The number of hydrogen-bond donors (Lipinski definition) is 1. The van der Waals surface area contributed by atoms with Gasteiger partial charge in [-0.05, 0) is 53.9 Å². The van der Waals surface area contributed by atoms with Gasteiger partial charge in [0.2, 0.25) is 0 Å². The summed E-state index contributed by atoms with van der Waals surface area (Å²) in [5, 5.41) is 0. The molecular weight excluding hydrogens is 342 g/mol. The maximum atomic E-state index is 13.9. The van der Waals surface area contributed by atoms with Crippen molar-refractivity contribution in [3.05, 3.63) is 33.8 Å². The van der Waals surface area contributed by atoms with Gasteiger partial charge < -0.3 is 10.5 Å². The molecule has 3 nitrogen and oxygen atoms in total. The predicted octanol–water partition coefficient (Wildman–Crippen LogP) is 3.06. The molecule has 1 aromatic rings. The molecule has 0 amide bonds. The minimum absolute atomic E-state index is 0.131. The fraction of sp³-hybridized carbons (Fsp3) is 0.600. The lowest BCUT2D eigenvalue weighted by molar-refractivity contribution is 0.00527. The molecule has 1 aromatic carbocycles. The molecule has 0 radical (unpaired) electrons. The van der Waals surface area contributed by atoms with Gasteiger partial charge in [0.05, 0.1) is 10.6 Å². The fourth-order valence-corrected chi connectivity index (χ4v) is 2.88. The second kappa shape index (κ2) is 8.17. The van der Waals surface area contributed by atoms with E-state index in [-0.39, 0.29) is 11.7 Å². The van der Waals surface area contributed by atoms with E-state index in [1.807, 2.05) is 0 Å². The second-order valence-electron chi connectivity index (χ2n) is 5.31. The standard InChI is InChI=1S/C15H21BrF2N2O/c16-13-2-3-14(17)12(15(13)18)10-20-7-4-11(5-8-20)21-9-1-6-19/h2-3,11H,1,4-10,19H2. The van der Waals surface area contributed by atoms with Gasteiger partial charge in [-0.3, -0.25) is 4.90 Å². The summed E-state index contributed by atoms with van der Waals surface area (Å²) in [6, 6.07) is 2.69. The molecule has 0 aliphatic carbocycles. The Morgan fingerprint density at radius 2 is 2.00 bits per heavy atom. The number of nitrogens with two attached hydrogens (primary N) is 1. The lowest BCUT2D eigenvalue weighted by atomic mass is 10.1. The molecular formula is C15H21BrF2N2O. The van der Waals surface area contributed by atoms with Gasteiger partial charge in [-0.25, -0.2) is 8.78 Å². The second-order valence-corrected chi connectivity index (χ2v) is 6.16. The minimum Gasteiger partial charge on any atom is -0.378 e. The predicted molar refractivity (Wildman–Crippen MR) is 82.0 cm³/mol. The van der Waals surface area contributed by atoms with Gasteiger partial charge in [0.25, 0.3) is 0 Å². The highest BCUT2D eigenvalue weighted by atomic mass is 79.9. The Hall–Kier alpha value is -0.560. The van der Waals surface area contributed by atoms with Gasteiger partial charge in [0, 0.05) is 31.8 Å². The van der Waals surface area contributed by atoms with Crippen molar-refractivity contribution < 1.29 is 13.5 Å². The number of benzene rings is 1. The summed E-state index contributed by atoms with van der Waals surface area (Å²) in [4.78, 5) is 2.07. The van der Waals surface area contributed by atoms with Crippen LogP contribution in [-0.2, 0) is 11.3 Å². The van der Waals surface area contributed by atoms with Crippen LogP contribution >= 0.6 is 15.9 Å². The molecule has 118 valence electrons. The zero-order valence-corrected chi connectivity index (χ0v) is 13.5. The molecule has 2 rings (SSSR count). The molecule has 1 aliphatic rings. The SMILES string of the molecule is NCCCOC1CCN(Cc2c(F)ccc(Br)c2F)CC1. The third-order valence-corrected chi connectivity index (χ3v) is 4.37. The Morgan fingerprint density at radius 1 is 1.29 bits per heavy atom. The van der Waals surface area contributed by atoms with E-state index in [0.29, 0.717) is 24.2 Å². The van der Waals surface area contributed by atoms with Crippen LogP contribution in [-0.4, -0.2) is 37.2 Å². The van der Waals surface area contributed by atoms with E-state index in [1.54, 1.807) is 0 Å². The summed E-state index contributed by atoms with van der Waals surface area (Å²) in [6.07, 6.45) is 2.89. The number of piperidine rings is 1. The first-order valence-electron chi connectivity index (χ1n) is 7.28. The first-order chi connectivity index (χ1) is 10.1. The molecule has 21 heavy (non-hydrogen) atoms. The number of ether oxygens (including phenoxy) is 1. The first-order valence-corrected chi connectivity index (χ1v) is 8.07. The highest BCUT2D eigenvalue weighted by Crippen LogP contribution is 2.24. The van der Waals surface area contributed by atoms with Gasteiger partial charge in [-0.1, -0.05) is 0 Å². The van der Waals surface area contributed by atoms with Crippen LogP contribution in [0.5, 0.6) is 0 Å². The Bertz CT molecular complexity index is 465. The van der Waals surface area contributed by atoms with Crippen LogP contribution in [0, 0.1) is 11.6 Å². The van der Waals surface area contributed by atoms with E-state index in [0.717, 1.165) is 32.4 Å². The van der Waals surface area contributed by atoms with Crippen LogP contribution in [0.25, 0.3) is 0 Å². The summed E-state index contributed by atoms with van der Waals surface area (Å²) >= 11 is 3.10. The van der Waals surface area contributed by atoms with Crippen LogP contribution in [0.2, 0.25) is 0 Å². The smallest absolute Gasteiger partial charge is 0.144 e. The van der Waals surface area contributed by atoms with Gasteiger partial charge in [-0.15, -0.1) is 0 Å². The summed E-state index contributed by atoms with van der Waals surface area (Å²) < 4.78 is 33.7. The molecule has 0 spiro atoms. The number of rotatable bonds is 6. The van der Waals surface area contributed by atoms with E-state index in [9.17, 15) is 8.78 Å². The molecule has 1 heterocycles. The van der Waals surface area contributed by atoms with Crippen molar-refractivity contribution >= 4 is 15.9 Å². The van der Waals surface area contributed by atoms with E-state index in [2.05, 4.69) is 20.8 Å². The lowest BCUT2D eigenvalue weighted by Gasteiger charge is -2.32. The molecule has 0 aromatic heterocycles. The molecule has 0 unspecified atom stereocenters. The van der Waals surface area contributed by atoms with E-state index < -0.39 is 11.6 Å². The summed E-state index contributed by atoms with van der Waals surface area (Å²) in [6.45, 7) is 3.21. The Labute approximate surface area is 132 Å². The van der Waals surface area contributed by atoms with Crippen LogP contribution < -0.4 is 5.73 Å². The molecule has 0 bridgehead atoms. The molecule has 1 fully saturated rings. The Kier molecular flexibility index (Phi) is 6.54. The quantitative estimate of drug-likeness (QED) is 0.624. The monoisotopic (exact) mass is 362 g/mol. The highest BCUT2D eigenvalue weighted by molar-refractivity contribution is 9.10. The van der Waals surface area contributed by atoms with E-state index in [1.165, 1.54) is 12.1 Å². The van der Waals surface area contributed by atoms with Gasteiger partial charge in [0.15, 0.2) is 0 Å². The van der Waals surface area contributed by atoms with E-state index >= 15 is 0 Å². The fourth-order valence-electron chi connectivity index (χ4n) is 2.50. The van der Waals surface area contributed by atoms with Crippen molar-refractivity contribution in [2.45, 2.75) is 31.9 Å². The van der Waals surface area contributed by atoms with Gasteiger partial charge in [-0.2, -0.15) is 0 Å². The summed E-state index contributed by atoms with van der Waals surface area (Å²) in [5.41, 5.74) is 5.56. The zero-order valence-electron chi connectivity index (χ0n) is 12.0. The van der Waals surface area contributed by atoms with Gasteiger partial charge in [0.1, 0.15) is 11.6 Å². The average molecular weight is 363 g/mol. The average Bonchev–Trinajstić information content (AvgIpc) is 2.49. The van der Waals surface area contributed by atoms with E-state index in [4.69, 9.17) is 10.5 Å². The molecule has 2 N–H and O–H groups in total. The molecule has 6 heteroatoms. The zero-order chi connectivity index (χ0) is 15.2. The largest absolute Gasteiger partial charge is 0.378 e. The first kappa shape index (κ1) is 16.8. The number of likely N-dealkylation sites (tertiary alicyclic amines) is 1. The maximum absolute atomic E-state index is 13.9. The maximum Gasteiger partial charge on any atom is 0.144 e. The van der Waals surface area contributed by atoms with Crippen LogP contribution in [0.4, 0.5) is 8.78 Å². The summed E-state index contributed by atoms with van der Waals surface area (Å²) in [5.74, 6) is -0.992. The van der Waals surface area contributed by atoms with Crippen molar-refractivity contribution in [1.82, 2.24) is 4.90 Å². The van der Waals surface area contributed by atoms with Crippen molar-refractivity contribution in [2.75, 3.05) is 26.2 Å². The molecule has 1 saturated heterocycles. The lowest BCUT2D eigenvalue weighted by Crippen LogP contribution is -2.37. The highest BCUT2D eigenvalue weighted by Gasteiger charge is 2.22. The van der Waals surface area contributed by atoms with Crippen molar-refractivity contribution in [1.29, 1.82) is 0 Å². The normalized spacial score (nSPS) is 17.3. The number of nitrogens with zero attached hydrogens (tertiary/aromatic N) is 1. The van der Waals surface area contributed by atoms with Crippen LogP contribution in [0.1, 0.15) is 24.8 Å². The third kappa shape index (κ3) is 4.71. The van der Waals surface area contributed by atoms with Gasteiger partial charge >= 0.3 is 0 Å². The minimum atomic E-state index is -0.503. The molecule has 0 saturated carbocycles. The summed E-state index contributed by atoms with van der Waals surface area (Å²) in [7, 11) is 0. The third-order valence-electron chi connectivity index (χ3n) is 3.76. The van der Waals surface area contributed by atoms with Crippen molar-refractivity contribution in [3.8, 4) is 0 Å². The van der Waals surface area contributed by atoms with Crippen LogP contribution in [0.15, 0.2) is 16.6 Å². The van der Waals surface area contributed by atoms with Crippen molar-refractivity contribution in [2.24, 2.45) is 5.73 Å². The number of halogens is 3. The topological polar surface area (TPSA) is 38.5 Å². The molecule has 1 aliphatic heterocycles. The Morgan fingerprint density at radius 3 is 2.67 bits per heavy atom. The Balaban J connectivity index is 1.85. The molecule has 0 atom stereocenters.